The lowest BCUT2D eigenvalue weighted by molar-refractivity contribution is 0.409. The fourth-order valence-electron chi connectivity index (χ4n) is 2.13. The number of hydrogen-bond acceptors (Lipinski definition) is 2. The Morgan fingerprint density at radius 3 is 2.76 bits per heavy atom. The van der Waals surface area contributed by atoms with Gasteiger partial charge < -0.3 is 15.4 Å². The standard InChI is InChI=1S/C16H25N3O.HI/c1-4-17-16(19-14-6-7-14)18-10-9-13-11-12(2)5-8-15(13)20-3;/h5,8,11,14H,4,6-7,9-10H2,1-3H3,(H2,17,18,19);1H. The van der Waals surface area contributed by atoms with Gasteiger partial charge in [-0.25, -0.2) is 0 Å². The van der Waals surface area contributed by atoms with E-state index in [4.69, 9.17) is 4.74 Å². The maximum Gasteiger partial charge on any atom is 0.191 e. The summed E-state index contributed by atoms with van der Waals surface area (Å²) < 4.78 is 5.40. The summed E-state index contributed by atoms with van der Waals surface area (Å²) in [5.41, 5.74) is 2.48. The molecular formula is C16H26IN3O. The van der Waals surface area contributed by atoms with Crippen molar-refractivity contribution in [3.05, 3.63) is 29.3 Å². The van der Waals surface area contributed by atoms with Crippen LogP contribution in [-0.4, -0.2) is 32.2 Å². The number of ether oxygens (including phenoxy) is 1. The van der Waals surface area contributed by atoms with Gasteiger partial charge in [-0.1, -0.05) is 17.7 Å². The number of rotatable bonds is 6. The van der Waals surface area contributed by atoms with E-state index in [1.807, 2.05) is 6.07 Å². The van der Waals surface area contributed by atoms with E-state index in [1.54, 1.807) is 7.11 Å². The normalized spacial score (nSPS) is 14.3. The second kappa shape index (κ2) is 9.12. The van der Waals surface area contributed by atoms with E-state index >= 15 is 0 Å². The molecule has 2 rings (SSSR count). The number of methoxy groups -OCH3 is 1. The first kappa shape index (κ1) is 18.1. The molecule has 1 saturated carbocycles. The molecule has 1 aliphatic rings. The van der Waals surface area contributed by atoms with Crippen molar-refractivity contribution in [2.75, 3.05) is 20.2 Å². The largest absolute Gasteiger partial charge is 0.496 e. The Hall–Kier alpha value is -0.980. The van der Waals surface area contributed by atoms with E-state index in [2.05, 4.69) is 41.6 Å². The highest BCUT2D eigenvalue weighted by Crippen LogP contribution is 2.20. The first-order chi connectivity index (χ1) is 9.72. The van der Waals surface area contributed by atoms with Crippen molar-refractivity contribution >= 4 is 29.9 Å². The van der Waals surface area contributed by atoms with Crippen molar-refractivity contribution in [3.63, 3.8) is 0 Å². The van der Waals surface area contributed by atoms with Gasteiger partial charge in [0.2, 0.25) is 0 Å². The molecule has 0 spiro atoms. The van der Waals surface area contributed by atoms with Gasteiger partial charge in [0.05, 0.1) is 7.11 Å². The van der Waals surface area contributed by atoms with Gasteiger partial charge in [0.15, 0.2) is 5.96 Å². The van der Waals surface area contributed by atoms with Crippen LogP contribution in [0.5, 0.6) is 5.75 Å². The van der Waals surface area contributed by atoms with Crippen LogP contribution in [-0.2, 0) is 6.42 Å². The fourth-order valence-corrected chi connectivity index (χ4v) is 2.13. The van der Waals surface area contributed by atoms with Crippen LogP contribution in [0.3, 0.4) is 0 Å². The van der Waals surface area contributed by atoms with Gasteiger partial charge in [-0.15, -0.1) is 24.0 Å². The summed E-state index contributed by atoms with van der Waals surface area (Å²) in [5, 5.41) is 6.71. The predicted octanol–water partition coefficient (Wildman–Crippen LogP) is 2.88. The van der Waals surface area contributed by atoms with E-state index in [1.165, 1.54) is 24.0 Å². The SMILES string of the molecule is CCNC(=NCCc1cc(C)ccc1OC)NC1CC1.I. The molecule has 0 heterocycles. The van der Waals surface area contributed by atoms with Crippen molar-refractivity contribution in [2.24, 2.45) is 4.99 Å². The Labute approximate surface area is 144 Å². The van der Waals surface area contributed by atoms with Crippen LogP contribution in [0.1, 0.15) is 30.9 Å². The molecule has 0 saturated heterocycles. The zero-order chi connectivity index (χ0) is 14.4. The average Bonchev–Trinajstić information content (AvgIpc) is 3.23. The monoisotopic (exact) mass is 403 g/mol. The highest BCUT2D eigenvalue weighted by atomic mass is 127. The molecule has 1 aliphatic carbocycles. The van der Waals surface area contributed by atoms with Gasteiger partial charge in [0, 0.05) is 19.1 Å². The lowest BCUT2D eigenvalue weighted by Crippen LogP contribution is -2.38. The Morgan fingerprint density at radius 1 is 1.38 bits per heavy atom. The maximum atomic E-state index is 5.40. The van der Waals surface area contributed by atoms with Crippen molar-refractivity contribution in [3.8, 4) is 5.75 Å². The van der Waals surface area contributed by atoms with E-state index in [0.29, 0.717) is 6.04 Å². The van der Waals surface area contributed by atoms with E-state index < -0.39 is 0 Å². The number of benzene rings is 1. The van der Waals surface area contributed by atoms with Crippen molar-refractivity contribution in [1.29, 1.82) is 0 Å². The molecular weight excluding hydrogens is 377 g/mol. The summed E-state index contributed by atoms with van der Waals surface area (Å²) >= 11 is 0. The molecule has 0 atom stereocenters. The first-order valence-corrected chi connectivity index (χ1v) is 7.41. The highest BCUT2D eigenvalue weighted by molar-refractivity contribution is 14.0. The summed E-state index contributed by atoms with van der Waals surface area (Å²) in [7, 11) is 1.72. The lowest BCUT2D eigenvalue weighted by atomic mass is 10.1. The molecule has 0 unspecified atom stereocenters. The molecule has 1 aromatic carbocycles. The summed E-state index contributed by atoms with van der Waals surface area (Å²) in [6.07, 6.45) is 3.42. The fraction of sp³-hybridized carbons (Fsp3) is 0.562. The van der Waals surface area contributed by atoms with Crippen LogP contribution in [0.15, 0.2) is 23.2 Å². The van der Waals surface area contributed by atoms with E-state index in [9.17, 15) is 0 Å². The van der Waals surface area contributed by atoms with Gasteiger partial charge in [0.25, 0.3) is 0 Å². The molecule has 0 radical (unpaired) electrons. The Morgan fingerprint density at radius 2 is 2.14 bits per heavy atom. The van der Waals surface area contributed by atoms with E-state index in [-0.39, 0.29) is 24.0 Å². The molecule has 1 aromatic rings. The van der Waals surface area contributed by atoms with Crippen molar-refractivity contribution < 1.29 is 4.74 Å². The summed E-state index contributed by atoms with van der Waals surface area (Å²) in [5.74, 6) is 1.88. The summed E-state index contributed by atoms with van der Waals surface area (Å²) in [6.45, 7) is 5.85. The molecule has 5 heteroatoms. The topological polar surface area (TPSA) is 45.7 Å². The Bertz CT molecular complexity index is 473. The Balaban J connectivity index is 0.00000220. The number of aryl methyl sites for hydroxylation is 1. The average molecular weight is 403 g/mol. The van der Waals surface area contributed by atoms with Crippen LogP contribution in [0, 0.1) is 6.92 Å². The zero-order valence-electron chi connectivity index (χ0n) is 13.1. The maximum absolute atomic E-state index is 5.40. The van der Waals surface area contributed by atoms with Crippen molar-refractivity contribution in [2.45, 2.75) is 39.2 Å². The third-order valence-electron chi connectivity index (χ3n) is 3.35. The molecule has 1 fully saturated rings. The third-order valence-corrected chi connectivity index (χ3v) is 3.35. The van der Waals surface area contributed by atoms with E-state index in [0.717, 1.165) is 31.2 Å². The van der Waals surface area contributed by atoms with Crippen LogP contribution < -0.4 is 15.4 Å². The van der Waals surface area contributed by atoms with Gasteiger partial charge in [-0.2, -0.15) is 0 Å². The van der Waals surface area contributed by atoms with Gasteiger partial charge in [0.1, 0.15) is 5.75 Å². The van der Waals surface area contributed by atoms with Crippen LogP contribution >= 0.6 is 24.0 Å². The summed E-state index contributed by atoms with van der Waals surface area (Å²) in [6, 6.07) is 6.91. The molecule has 4 nitrogen and oxygen atoms in total. The minimum atomic E-state index is 0. The van der Waals surface area contributed by atoms with Crippen LogP contribution in [0.25, 0.3) is 0 Å². The van der Waals surface area contributed by atoms with Gasteiger partial charge in [-0.05, 0) is 44.7 Å². The minimum Gasteiger partial charge on any atom is -0.496 e. The second-order valence-corrected chi connectivity index (χ2v) is 5.24. The Kier molecular flexibility index (Phi) is 7.85. The lowest BCUT2D eigenvalue weighted by Gasteiger charge is -2.11. The summed E-state index contributed by atoms with van der Waals surface area (Å²) in [4.78, 5) is 4.63. The van der Waals surface area contributed by atoms with Crippen molar-refractivity contribution in [1.82, 2.24) is 10.6 Å². The molecule has 0 aliphatic heterocycles. The number of nitrogens with one attached hydrogen (secondary N) is 2. The highest BCUT2D eigenvalue weighted by Gasteiger charge is 2.21. The molecule has 0 bridgehead atoms. The van der Waals surface area contributed by atoms with Gasteiger partial charge >= 0.3 is 0 Å². The van der Waals surface area contributed by atoms with Gasteiger partial charge in [-0.3, -0.25) is 4.99 Å². The quantitative estimate of drug-likeness (QED) is 0.436. The molecule has 0 amide bonds. The minimum absolute atomic E-state index is 0. The molecule has 0 aromatic heterocycles. The number of aliphatic imine (C=N–C) groups is 1. The zero-order valence-corrected chi connectivity index (χ0v) is 15.4. The number of hydrogen-bond donors (Lipinski definition) is 2. The molecule has 118 valence electrons. The van der Waals surface area contributed by atoms with Crippen LogP contribution in [0.4, 0.5) is 0 Å². The molecule has 21 heavy (non-hydrogen) atoms. The number of halogens is 1. The number of nitrogens with zero attached hydrogens (tertiary/aromatic N) is 1. The van der Waals surface area contributed by atoms with Crippen LogP contribution in [0.2, 0.25) is 0 Å². The first-order valence-electron chi connectivity index (χ1n) is 7.41. The molecule has 2 N–H and O–H groups in total. The smallest absolute Gasteiger partial charge is 0.191 e. The predicted molar refractivity (Wildman–Crippen MR) is 99.0 cm³/mol. The second-order valence-electron chi connectivity index (χ2n) is 5.24. The number of guanidine groups is 1. The third kappa shape index (κ3) is 6.11.